The van der Waals surface area contributed by atoms with Crippen LogP contribution in [0.3, 0.4) is 0 Å². The highest BCUT2D eigenvalue weighted by Gasteiger charge is 2.34. The maximum absolute atomic E-state index is 13.5. The summed E-state index contributed by atoms with van der Waals surface area (Å²) in [6, 6.07) is 2.71. The third-order valence-corrected chi connectivity index (χ3v) is 6.42. The van der Waals surface area contributed by atoms with Crippen LogP contribution in [0.5, 0.6) is 0 Å². The Hall–Kier alpha value is -3.01. The van der Waals surface area contributed by atoms with Crippen molar-refractivity contribution in [1.29, 1.82) is 0 Å². The van der Waals surface area contributed by atoms with E-state index in [9.17, 15) is 22.4 Å². The van der Waals surface area contributed by atoms with Gasteiger partial charge in [0, 0.05) is 68.0 Å². The number of nitrogens with zero attached hydrogens (tertiary/aromatic N) is 4. The lowest BCUT2D eigenvalue weighted by atomic mass is 10.0. The zero-order valence-corrected chi connectivity index (χ0v) is 24.6. The predicted octanol–water partition coefficient (Wildman–Crippen LogP) is 6.88. The normalized spacial score (nSPS) is 13.4. The Morgan fingerprint density at radius 3 is 2.15 bits per heavy atom. The van der Waals surface area contributed by atoms with Crippen LogP contribution in [0.4, 0.5) is 23.2 Å². The predicted molar refractivity (Wildman–Crippen MR) is 153 cm³/mol. The van der Waals surface area contributed by atoms with Gasteiger partial charge in [0.15, 0.2) is 0 Å². The summed E-state index contributed by atoms with van der Waals surface area (Å²) < 4.78 is 54.2. The maximum Gasteiger partial charge on any atom is 0.433 e. The number of carbonyl (C=O) groups excluding carboxylic acids is 1. The van der Waals surface area contributed by atoms with Crippen LogP contribution in [0.1, 0.15) is 81.6 Å². The van der Waals surface area contributed by atoms with Gasteiger partial charge in [-0.15, -0.1) is 0 Å². The number of alkyl halides is 3. The summed E-state index contributed by atoms with van der Waals surface area (Å²) in [7, 11) is 0. The van der Waals surface area contributed by atoms with Gasteiger partial charge in [0.05, 0.1) is 5.69 Å². The molecule has 6 nitrogen and oxygen atoms in total. The lowest BCUT2D eigenvalue weighted by molar-refractivity contribution is -0.141. The number of fused-ring (bicyclic) bond motifs is 1. The fourth-order valence-electron chi connectivity index (χ4n) is 4.56. The topological polar surface area (TPSA) is 62.5 Å². The number of Topliss-reactive ketones (excluding diaryl/α,β-unsaturated/α-hetero) is 1. The van der Waals surface area contributed by atoms with E-state index in [1.165, 1.54) is 12.1 Å². The Morgan fingerprint density at radius 2 is 1.62 bits per heavy atom. The molecule has 0 aliphatic carbocycles. The Balaban J connectivity index is 0.000000242. The highest BCUT2D eigenvalue weighted by atomic mass is 19.4. The molecule has 0 bridgehead atoms. The fourth-order valence-corrected chi connectivity index (χ4v) is 4.56. The fraction of sp³-hybridized carbons (Fsp3) is 0.567. The first-order valence-corrected chi connectivity index (χ1v) is 14.1. The molecule has 1 aliphatic heterocycles. The number of pyridine rings is 2. The molecule has 0 spiro atoms. The van der Waals surface area contributed by atoms with Crippen LogP contribution in [0, 0.1) is 19.7 Å². The minimum atomic E-state index is -4.39. The molecule has 1 N–H and O–H groups in total. The second-order valence-corrected chi connectivity index (χ2v) is 10.1. The monoisotopic (exact) mass is 565 g/mol. The van der Waals surface area contributed by atoms with Gasteiger partial charge in [-0.1, -0.05) is 33.6 Å². The number of hydrogen-bond acceptors (Lipinski definition) is 5. The molecule has 0 amide bonds. The van der Waals surface area contributed by atoms with Gasteiger partial charge in [0.25, 0.3) is 0 Å². The molecule has 222 valence electrons. The van der Waals surface area contributed by atoms with Crippen molar-refractivity contribution < 1.29 is 22.4 Å². The number of ketones is 1. The highest BCUT2D eigenvalue weighted by Crippen LogP contribution is 2.34. The van der Waals surface area contributed by atoms with Gasteiger partial charge in [0.2, 0.25) is 0 Å². The summed E-state index contributed by atoms with van der Waals surface area (Å²) in [5.74, 6) is 0.141. The van der Waals surface area contributed by atoms with Crippen molar-refractivity contribution in [1.82, 2.24) is 19.7 Å². The average Bonchev–Trinajstić information content (AvgIpc) is 3.24. The molecule has 10 heteroatoms. The third kappa shape index (κ3) is 9.87. The van der Waals surface area contributed by atoms with Gasteiger partial charge in [0.1, 0.15) is 22.9 Å². The van der Waals surface area contributed by atoms with Crippen molar-refractivity contribution in [3.05, 3.63) is 58.6 Å². The average molecular weight is 566 g/mol. The summed E-state index contributed by atoms with van der Waals surface area (Å²) in [5.41, 5.74) is 3.71. The number of carbonyl (C=O) groups is 1. The van der Waals surface area contributed by atoms with Crippen molar-refractivity contribution in [2.45, 2.75) is 86.2 Å². The summed E-state index contributed by atoms with van der Waals surface area (Å²) in [6.07, 6.45) is 4.45. The van der Waals surface area contributed by atoms with E-state index < -0.39 is 11.9 Å². The van der Waals surface area contributed by atoms with Crippen LogP contribution in [0.25, 0.3) is 5.65 Å². The Labute approximate surface area is 235 Å². The first-order chi connectivity index (χ1) is 18.9. The number of imidazole rings is 1. The molecule has 0 aromatic carbocycles. The number of rotatable bonds is 7. The number of hydrogen-bond donors (Lipinski definition) is 1. The lowest BCUT2D eigenvalue weighted by Gasteiger charge is -2.32. The quantitative estimate of drug-likeness (QED) is 0.317. The van der Waals surface area contributed by atoms with E-state index in [0.29, 0.717) is 17.0 Å². The highest BCUT2D eigenvalue weighted by molar-refractivity contribution is 5.75. The van der Waals surface area contributed by atoms with Gasteiger partial charge in [-0.2, -0.15) is 13.2 Å². The van der Waals surface area contributed by atoms with Crippen LogP contribution < -0.4 is 10.2 Å². The van der Waals surface area contributed by atoms with Crippen LogP contribution in [0.15, 0.2) is 24.5 Å². The molecule has 1 saturated heterocycles. The molecule has 3 aromatic rings. The largest absolute Gasteiger partial charge is 0.433 e. The second-order valence-electron chi connectivity index (χ2n) is 10.1. The van der Waals surface area contributed by atoms with Gasteiger partial charge < -0.3 is 19.4 Å². The summed E-state index contributed by atoms with van der Waals surface area (Å²) in [6.45, 7) is 14.3. The summed E-state index contributed by atoms with van der Waals surface area (Å²) in [4.78, 5) is 20.0. The summed E-state index contributed by atoms with van der Waals surface area (Å²) in [5, 5.41) is 3.22. The van der Waals surface area contributed by atoms with Crippen LogP contribution in [-0.4, -0.2) is 46.3 Å². The van der Waals surface area contributed by atoms with Crippen molar-refractivity contribution in [2.24, 2.45) is 0 Å². The van der Waals surface area contributed by atoms with E-state index in [2.05, 4.69) is 15.3 Å². The van der Waals surface area contributed by atoms with Gasteiger partial charge in [-0.05, 0) is 51.7 Å². The van der Waals surface area contributed by atoms with E-state index in [1.807, 2.05) is 49.4 Å². The number of nitrogens with one attached hydrogen (secondary N) is 1. The number of halogens is 4. The van der Waals surface area contributed by atoms with E-state index in [-0.39, 0.29) is 11.6 Å². The molecule has 4 heterocycles. The Kier molecular flexibility index (Phi) is 13.0. The van der Waals surface area contributed by atoms with Crippen molar-refractivity contribution in [3.8, 4) is 0 Å². The van der Waals surface area contributed by atoms with Gasteiger partial charge in [-0.3, -0.25) is 0 Å². The standard InChI is InChI=1S/C14H20F3N3.C11H13FN2.C5H10O/c1-3-4-11-10(2)19-13(14(15,16)17)9-12(11)20-7-5-18-6-8-20;1-3-4-9-7-14-6-8(2)13-11(14)5-10(9)12;1-3-4-5(2)6/h9,18H,3-8H2,1-2H3;5-7H,3-4H2,1-2H3;3-4H2,1-2H3. The second kappa shape index (κ2) is 15.7. The number of aryl methyl sites for hydroxylation is 3. The number of aromatic nitrogens is 3. The molecule has 1 fully saturated rings. The van der Waals surface area contributed by atoms with E-state index in [1.54, 1.807) is 13.8 Å². The van der Waals surface area contributed by atoms with Gasteiger partial charge in [-0.25, -0.2) is 14.4 Å². The first-order valence-electron chi connectivity index (χ1n) is 14.1. The first kappa shape index (κ1) is 33.2. The number of piperazine rings is 1. The SMILES string of the molecule is CCCC(C)=O.CCCc1c(N2CCNCC2)cc(C(F)(F)F)nc1C.CCCc1cn2cc(C)nc2cc1F. The minimum Gasteiger partial charge on any atom is -0.369 e. The molecule has 4 rings (SSSR count). The third-order valence-electron chi connectivity index (χ3n) is 6.42. The Morgan fingerprint density at radius 1 is 0.975 bits per heavy atom. The molecule has 40 heavy (non-hydrogen) atoms. The molecular weight excluding hydrogens is 522 g/mol. The molecule has 0 saturated carbocycles. The van der Waals surface area contributed by atoms with Crippen molar-refractivity contribution in [2.75, 3.05) is 31.1 Å². The van der Waals surface area contributed by atoms with Crippen LogP contribution >= 0.6 is 0 Å². The molecule has 0 atom stereocenters. The van der Waals surface area contributed by atoms with Gasteiger partial charge >= 0.3 is 6.18 Å². The maximum atomic E-state index is 13.5. The summed E-state index contributed by atoms with van der Waals surface area (Å²) >= 11 is 0. The molecule has 3 aromatic heterocycles. The lowest BCUT2D eigenvalue weighted by Crippen LogP contribution is -2.44. The zero-order valence-electron chi connectivity index (χ0n) is 24.6. The Bertz CT molecular complexity index is 1230. The zero-order chi connectivity index (χ0) is 29.9. The smallest absolute Gasteiger partial charge is 0.369 e. The van der Waals surface area contributed by atoms with Crippen molar-refractivity contribution in [3.63, 3.8) is 0 Å². The molecular formula is C30H43F4N5O. The van der Waals surface area contributed by atoms with Crippen molar-refractivity contribution >= 4 is 17.1 Å². The molecule has 0 radical (unpaired) electrons. The van der Waals surface area contributed by atoms with E-state index >= 15 is 0 Å². The number of anilines is 1. The minimum absolute atomic E-state index is 0.148. The van der Waals surface area contributed by atoms with E-state index in [0.717, 1.165) is 81.5 Å². The molecule has 0 unspecified atom stereocenters. The van der Waals surface area contributed by atoms with Crippen LogP contribution in [-0.2, 0) is 23.8 Å². The van der Waals surface area contributed by atoms with E-state index in [4.69, 9.17) is 0 Å². The van der Waals surface area contributed by atoms with Crippen LogP contribution in [0.2, 0.25) is 0 Å². The molecule has 1 aliphatic rings.